The Balaban J connectivity index is 3.47. The van der Waals surface area contributed by atoms with Crippen molar-refractivity contribution in [2.24, 2.45) is 10.8 Å². The van der Waals surface area contributed by atoms with Crippen LogP contribution in [-0.4, -0.2) is 13.1 Å². The van der Waals surface area contributed by atoms with E-state index in [4.69, 9.17) is 0 Å². The maximum atomic E-state index is 3.27. The average molecular weight is 198 g/mol. The Morgan fingerprint density at radius 3 is 1.21 bits per heavy atom. The molecule has 0 rings (SSSR count). The van der Waals surface area contributed by atoms with E-state index in [0.29, 0.717) is 10.8 Å². The molecule has 0 spiro atoms. The molecule has 2 nitrogen and oxygen atoms in total. The molecule has 0 aliphatic carbocycles. The van der Waals surface area contributed by atoms with Crippen LogP contribution in [0.1, 0.15) is 41.5 Å². The van der Waals surface area contributed by atoms with Gasteiger partial charge in [-0.15, -0.1) is 0 Å². The quantitative estimate of drug-likeness (QED) is 0.726. The standard InChI is InChI=1S/C12H26N2/c1-11(2,3)9-13-7-8-14-10-12(4,5)6/h7-8,13-14H,9-10H2,1-6H3/b8-7-. The van der Waals surface area contributed by atoms with Crippen LogP contribution in [0.15, 0.2) is 12.4 Å². The molecule has 2 N–H and O–H groups in total. The average Bonchev–Trinajstić information content (AvgIpc) is 1.92. The summed E-state index contributed by atoms with van der Waals surface area (Å²) in [5, 5.41) is 6.54. The van der Waals surface area contributed by atoms with Crippen molar-refractivity contribution in [3.05, 3.63) is 12.4 Å². The summed E-state index contributed by atoms with van der Waals surface area (Å²) in [5.74, 6) is 0. The predicted molar refractivity (Wildman–Crippen MR) is 64.1 cm³/mol. The minimum absolute atomic E-state index is 0.342. The summed E-state index contributed by atoms with van der Waals surface area (Å²) in [6.07, 6.45) is 3.97. The highest BCUT2D eigenvalue weighted by atomic mass is 14.9. The fraction of sp³-hybridized carbons (Fsp3) is 0.833. The Bertz CT molecular complexity index is 150. The lowest BCUT2D eigenvalue weighted by Crippen LogP contribution is -2.25. The van der Waals surface area contributed by atoms with Crippen LogP contribution in [0.2, 0.25) is 0 Å². The van der Waals surface area contributed by atoms with Gasteiger partial charge in [0.05, 0.1) is 0 Å². The van der Waals surface area contributed by atoms with Gasteiger partial charge in [0.1, 0.15) is 0 Å². The van der Waals surface area contributed by atoms with Crippen LogP contribution in [0, 0.1) is 10.8 Å². The molecule has 0 aliphatic heterocycles. The molecule has 0 heterocycles. The molecule has 0 atom stereocenters. The van der Waals surface area contributed by atoms with E-state index in [2.05, 4.69) is 52.2 Å². The van der Waals surface area contributed by atoms with Crippen molar-refractivity contribution in [3.63, 3.8) is 0 Å². The van der Waals surface area contributed by atoms with Crippen LogP contribution in [0.4, 0.5) is 0 Å². The van der Waals surface area contributed by atoms with E-state index in [1.807, 2.05) is 12.4 Å². The zero-order valence-electron chi connectivity index (χ0n) is 10.6. The van der Waals surface area contributed by atoms with E-state index in [9.17, 15) is 0 Å². The third-order valence-corrected chi connectivity index (χ3v) is 1.58. The van der Waals surface area contributed by atoms with Gasteiger partial charge in [-0.05, 0) is 10.8 Å². The topological polar surface area (TPSA) is 24.1 Å². The van der Waals surface area contributed by atoms with Crippen molar-refractivity contribution >= 4 is 0 Å². The molecule has 0 aromatic heterocycles. The monoisotopic (exact) mass is 198 g/mol. The largest absolute Gasteiger partial charge is 0.389 e. The second-order valence-electron chi connectivity index (χ2n) is 6.22. The Morgan fingerprint density at radius 2 is 1.00 bits per heavy atom. The zero-order valence-corrected chi connectivity index (χ0v) is 10.6. The number of hydrogen-bond acceptors (Lipinski definition) is 2. The van der Waals surface area contributed by atoms with Crippen molar-refractivity contribution in [3.8, 4) is 0 Å². The van der Waals surface area contributed by atoms with Crippen molar-refractivity contribution in [2.75, 3.05) is 13.1 Å². The van der Waals surface area contributed by atoms with Gasteiger partial charge in [-0.2, -0.15) is 0 Å². The fourth-order valence-electron chi connectivity index (χ4n) is 0.848. The van der Waals surface area contributed by atoms with Gasteiger partial charge in [-0.1, -0.05) is 41.5 Å². The lowest BCUT2D eigenvalue weighted by molar-refractivity contribution is 0.396. The maximum absolute atomic E-state index is 3.27. The molecule has 0 radical (unpaired) electrons. The molecule has 0 amide bonds. The second kappa shape index (κ2) is 5.28. The highest BCUT2D eigenvalue weighted by molar-refractivity contribution is 4.81. The minimum Gasteiger partial charge on any atom is -0.389 e. The normalized spacial score (nSPS) is 13.3. The Kier molecular flexibility index (Phi) is 5.03. The van der Waals surface area contributed by atoms with Gasteiger partial charge in [-0.25, -0.2) is 0 Å². The first-order valence-corrected chi connectivity index (χ1v) is 5.32. The van der Waals surface area contributed by atoms with Gasteiger partial charge >= 0.3 is 0 Å². The van der Waals surface area contributed by atoms with E-state index in [1.54, 1.807) is 0 Å². The SMILES string of the molecule is CC(C)(C)CN/C=C\NCC(C)(C)C. The van der Waals surface area contributed by atoms with Crippen LogP contribution in [0.5, 0.6) is 0 Å². The Hall–Kier alpha value is -0.660. The molecular formula is C12H26N2. The van der Waals surface area contributed by atoms with Crippen LogP contribution >= 0.6 is 0 Å². The first-order chi connectivity index (χ1) is 6.21. The molecule has 0 bridgehead atoms. The van der Waals surface area contributed by atoms with Crippen molar-refractivity contribution in [1.29, 1.82) is 0 Å². The Labute approximate surface area is 89.2 Å². The second-order valence-corrected chi connectivity index (χ2v) is 6.22. The maximum Gasteiger partial charge on any atom is 0.0190 e. The Morgan fingerprint density at radius 1 is 0.714 bits per heavy atom. The van der Waals surface area contributed by atoms with E-state index in [-0.39, 0.29) is 0 Å². The molecule has 14 heavy (non-hydrogen) atoms. The molecular weight excluding hydrogens is 172 g/mol. The lowest BCUT2D eigenvalue weighted by Gasteiger charge is -2.19. The van der Waals surface area contributed by atoms with Gasteiger partial charge in [0, 0.05) is 25.5 Å². The van der Waals surface area contributed by atoms with Crippen LogP contribution < -0.4 is 10.6 Å². The zero-order chi connectivity index (χ0) is 11.2. The van der Waals surface area contributed by atoms with Crippen molar-refractivity contribution in [2.45, 2.75) is 41.5 Å². The van der Waals surface area contributed by atoms with Gasteiger partial charge in [0.15, 0.2) is 0 Å². The van der Waals surface area contributed by atoms with Gasteiger partial charge in [0.2, 0.25) is 0 Å². The summed E-state index contributed by atoms with van der Waals surface area (Å²) in [6.45, 7) is 15.3. The van der Waals surface area contributed by atoms with Gasteiger partial charge < -0.3 is 10.6 Å². The molecule has 0 aromatic rings. The summed E-state index contributed by atoms with van der Waals surface area (Å²) in [7, 11) is 0. The smallest absolute Gasteiger partial charge is 0.0190 e. The summed E-state index contributed by atoms with van der Waals surface area (Å²) in [5.41, 5.74) is 0.683. The minimum atomic E-state index is 0.342. The summed E-state index contributed by atoms with van der Waals surface area (Å²) in [4.78, 5) is 0. The molecule has 2 heteroatoms. The highest BCUT2D eigenvalue weighted by Crippen LogP contribution is 2.10. The van der Waals surface area contributed by atoms with Crippen LogP contribution in [0.3, 0.4) is 0 Å². The number of nitrogens with one attached hydrogen (secondary N) is 2. The van der Waals surface area contributed by atoms with E-state index in [0.717, 1.165) is 13.1 Å². The predicted octanol–water partition coefficient (Wildman–Crippen LogP) is 2.73. The number of hydrogen-bond donors (Lipinski definition) is 2. The molecule has 0 fully saturated rings. The molecule has 0 saturated heterocycles. The molecule has 0 aliphatic rings. The van der Waals surface area contributed by atoms with E-state index in [1.165, 1.54) is 0 Å². The van der Waals surface area contributed by atoms with Gasteiger partial charge in [0.25, 0.3) is 0 Å². The lowest BCUT2D eigenvalue weighted by atomic mass is 9.97. The third-order valence-electron chi connectivity index (χ3n) is 1.58. The highest BCUT2D eigenvalue weighted by Gasteiger charge is 2.08. The molecule has 0 saturated carbocycles. The first kappa shape index (κ1) is 13.3. The summed E-state index contributed by atoms with van der Waals surface area (Å²) < 4.78 is 0. The molecule has 0 aromatic carbocycles. The van der Waals surface area contributed by atoms with Crippen molar-refractivity contribution in [1.82, 2.24) is 10.6 Å². The molecule has 84 valence electrons. The molecule has 0 unspecified atom stereocenters. The van der Waals surface area contributed by atoms with Gasteiger partial charge in [-0.3, -0.25) is 0 Å². The first-order valence-electron chi connectivity index (χ1n) is 5.32. The van der Waals surface area contributed by atoms with Crippen molar-refractivity contribution < 1.29 is 0 Å². The third kappa shape index (κ3) is 11.3. The van der Waals surface area contributed by atoms with E-state index >= 15 is 0 Å². The van der Waals surface area contributed by atoms with Crippen LogP contribution in [0.25, 0.3) is 0 Å². The van der Waals surface area contributed by atoms with Crippen LogP contribution in [-0.2, 0) is 0 Å². The fourth-order valence-corrected chi connectivity index (χ4v) is 0.848. The summed E-state index contributed by atoms with van der Waals surface area (Å²) in [6, 6.07) is 0. The van der Waals surface area contributed by atoms with E-state index < -0.39 is 0 Å². The number of rotatable bonds is 4. The summed E-state index contributed by atoms with van der Waals surface area (Å²) >= 11 is 0.